The average Bonchev–Trinajstić information content (AvgIpc) is 2.77. The van der Waals surface area contributed by atoms with Crippen molar-refractivity contribution < 1.29 is 4.79 Å². The summed E-state index contributed by atoms with van der Waals surface area (Å²) in [5, 5.41) is 3.06. The van der Waals surface area contributed by atoms with Crippen molar-refractivity contribution in [1.29, 1.82) is 0 Å². The molecule has 0 saturated heterocycles. The fourth-order valence-electron chi connectivity index (χ4n) is 2.16. The van der Waals surface area contributed by atoms with Crippen molar-refractivity contribution in [2.45, 2.75) is 33.2 Å². The van der Waals surface area contributed by atoms with Gasteiger partial charge in [-0.3, -0.25) is 9.78 Å². The summed E-state index contributed by atoms with van der Waals surface area (Å²) < 4.78 is 1.94. The van der Waals surface area contributed by atoms with Crippen LogP contribution in [0.3, 0.4) is 0 Å². The first kappa shape index (κ1) is 14.3. The van der Waals surface area contributed by atoms with E-state index in [1.807, 2.05) is 63.0 Å². The van der Waals surface area contributed by atoms with Crippen molar-refractivity contribution in [2.24, 2.45) is 7.05 Å². The largest absolute Gasteiger partial charge is 0.354 e. The molecule has 2 heterocycles. The van der Waals surface area contributed by atoms with Gasteiger partial charge in [0, 0.05) is 25.1 Å². The lowest BCUT2D eigenvalue weighted by Crippen LogP contribution is -2.29. The van der Waals surface area contributed by atoms with E-state index in [1.54, 1.807) is 0 Å². The van der Waals surface area contributed by atoms with Crippen molar-refractivity contribution in [1.82, 2.24) is 14.9 Å². The summed E-state index contributed by atoms with van der Waals surface area (Å²) in [5.41, 5.74) is 3.71. The Hall–Kier alpha value is -2.10. The SMILES string of the molecule is CCC(NC(=O)c1ccn(C)c1C)c1ccc(C)cn1. The van der Waals surface area contributed by atoms with E-state index in [4.69, 9.17) is 0 Å². The maximum Gasteiger partial charge on any atom is 0.253 e. The number of nitrogens with one attached hydrogen (secondary N) is 1. The van der Waals surface area contributed by atoms with Gasteiger partial charge in [-0.2, -0.15) is 0 Å². The normalized spacial score (nSPS) is 12.2. The van der Waals surface area contributed by atoms with Gasteiger partial charge in [-0.25, -0.2) is 0 Å². The van der Waals surface area contributed by atoms with E-state index in [0.29, 0.717) is 0 Å². The number of carbonyl (C=O) groups is 1. The van der Waals surface area contributed by atoms with Crippen LogP contribution in [0.5, 0.6) is 0 Å². The first-order chi connectivity index (χ1) is 9.52. The number of aryl methyl sites for hydroxylation is 2. The molecule has 1 N–H and O–H groups in total. The van der Waals surface area contributed by atoms with Crippen LogP contribution >= 0.6 is 0 Å². The number of nitrogens with zero attached hydrogens (tertiary/aromatic N) is 2. The molecule has 0 spiro atoms. The highest BCUT2D eigenvalue weighted by Gasteiger charge is 2.17. The van der Waals surface area contributed by atoms with Gasteiger partial charge in [0.15, 0.2) is 0 Å². The standard InChI is InChI=1S/C16H21N3O/c1-5-14(15-7-6-11(2)10-17-15)18-16(20)13-8-9-19(4)12(13)3/h6-10,14H,5H2,1-4H3,(H,18,20). The van der Waals surface area contributed by atoms with E-state index in [0.717, 1.165) is 28.9 Å². The van der Waals surface area contributed by atoms with Crippen LogP contribution in [0.1, 0.15) is 46.7 Å². The Kier molecular flexibility index (Phi) is 4.23. The van der Waals surface area contributed by atoms with Crippen molar-refractivity contribution in [3.05, 3.63) is 53.1 Å². The van der Waals surface area contributed by atoms with Crippen molar-refractivity contribution in [3.8, 4) is 0 Å². The smallest absolute Gasteiger partial charge is 0.253 e. The Bertz CT molecular complexity index is 599. The molecule has 0 aliphatic heterocycles. The lowest BCUT2D eigenvalue weighted by atomic mass is 10.1. The minimum absolute atomic E-state index is 0.0441. The Labute approximate surface area is 119 Å². The van der Waals surface area contributed by atoms with E-state index < -0.39 is 0 Å². The summed E-state index contributed by atoms with van der Waals surface area (Å²) in [7, 11) is 1.94. The van der Waals surface area contributed by atoms with Crippen molar-refractivity contribution >= 4 is 5.91 Å². The molecule has 2 aromatic heterocycles. The van der Waals surface area contributed by atoms with Crippen molar-refractivity contribution in [2.75, 3.05) is 0 Å². The first-order valence-corrected chi connectivity index (χ1v) is 6.88. The van der Waals surface area contributed by atoms with Crippen LogP contribution < -0.4 is 5.32 Å². The van der Waals surface area contributed by atoms with E-state index in [9.17, 15) is 4.79 Å². The Morgan fingerprint density at radius 1 is 1.35 bits per heavy atom. The fraction of sp³-hybridized carbons (Fsp3) is 0.375. The van der Waals surface area contributed by atoms with Crippen LogP contribution in [-0.4, -0.2) is 15.5 Å². The highest BCUT2D eigenvalue weighted by atomic mass is 16.1. The van der Waals surface area contributed by atoms with Crippen LogP contribution in [0.4, 0.5) is 0 Å². The van der Waals surface area contributed by atoms with Crippen LogP contribution in [-0.2, 0) is 7.05 Å². The predicted molar refractivity (Wildman–Crippen MR) is 79.6 cm³/mol. The molecule has 1 amide bonds. The highest BCUT2D eigenvalue weighted by Crippen LogP contribution is 2.16. The zero-order valence-electron chi connectivity index (χ0n) is 12.5. The van der Waals surface area contributed by atoms with E-state index >= 15 is 0 Å². The molecule has 1 unspecified atom stereocenters. The van der Waals surface area contributed by atoms with Gasteiger partial charge in [0.2, 0.25) is 0 Å². The van der Waals surface area contributed by atoms with Crippen LogP contribution in [0.25, 0.3) is 0 Å². The molecule has 0 aromatic carbocycles. The Morgan fingerprint density at radius 3 is 2.60 bits per heavy atom. The second-order valence-corrected chi connectivity index (χ2v) is 5.12. The molecule has 20 heavy (non-hydrogen) atoms. The van der Waals surface area contributed by atoms with Gasteiger partial charge in [0.05, 0.1) is 17.3 Å². The number of pyridine rings is 1. The van der Waals surface area contributed by atoms with Crippen LogP contribution in [0.2, 0.25) is 0 Å². The summed E-state index contributed by atoms with van der Waals surface area (Å²) in [6.45, 7) is 5.99. The van der Waals surface area contributed by atoms with E-state index in [1.165, 1.54) is 0 Å². The summed E-state index contributed by atoms with van der Waals surface area (Å²) >= 11 is 0. The molecule has 4 heteroatoms. The zero-order valence-corrected chi connectivity index (χ0v) is 12.5. The average molecular weight is 271 g/mol. The number of amides is 1. The summed E-state index contributed by atoms with van der Waals surface area (Å²) in [6, 6.07) is 5.79. The molecule has 1 atom stereocenters. The third-order valence-electron chi connectivity index (χ3n) is 3.63. The molecule has 0 radical (unpaired) electrons. The van der Waals surface area contributed by atoms with Crippen LogP contribution in [0.15, 0.2) is 30.6 Å². The molecule has 0 aliphatic rings. The monoisotopic (exact) mass is 271 g/mol. The van der Waals surface area contributed by atoms with Gasteiger partial charge in [0.1, 0.15) is 0 Å². The topological polar surface area (TPSA) is 46.9 Å². The molecule has 0 fully saturated rings. The first-order valence-electron chi connectivity index (χ1n) is 6.88. The maximum atomic E-state index is 12.3. The number of hydrogen-bond acceptors (Lipinski definition) is 2. The fourth-order valence-corrected chi connectivity index (χ4v) is 2.16. The van der Waals surface area contributed by atoms with Gasteiger partial charge in [-0.15, -0.1) is 0 Å². The summed E-state index contributed by atoms with van der Waals surface area (Å²) in [5.74, 6) is -0.0441. The quantitative estimate of drug-likeness (QED) is 0.929. The molecule has 0 aliphatic carbocycles. The van der Waals surface area contributed by atoms with Gasteiger partial charge in [-0.1, -0.05) is 13.0 Å². The third kappa shape index (κ3) is 2.90. The number of hydrogen-bond donors (Lipinski definition) is 1. The third-order valence-corrected chi connectivity index (χ3v) is 3.63. The van der Waals surface area contributed by atoms with E-state index in [-0.39, 0.29) is 11.9 Å². The minimum Gasteiger partial charge on any atom is -0.354 e. The molecular weight excluding hydrogens is 250 g/mol. The van der Waals surface area contributed by atoms with Gasteiger partial charge < -0.3 is 9.88 Å². The summed E-state index contributed by atoms with van der Waals surface area (Å²) in [4.78, 5) is 16.7. The number of aromatic nitrogens is 2. The van der Waals surface area contributed by atoms with Gasteiger partial charge in [0.25, 0.3) is 5.91 Å². The van der Waals surface area contributed by atoms with Crippen LogP contribution in [0, 0.1) is 13.8 Å². The molecule has 0 saturated carbocycles. The maximum absolute atomic E-state index is 12.3. The molecule has 2 rings (SSSR count). The van der Waals surface area contributed by atoms with Crippen molar-refractivity contribution in [3.63, 3.8) is 0 Å². The van der Waals surface area contributed by atoms with E-state index in [2.05, 4.69) is 10.3 Å². The lowest BCUT2D eigenvalue weighted by Gasteiger charge is -2.16. The second kappa shape index (κ2) is 5.90. The molecule has 106 valence electrons. The van der Waals surface area contributed by atoms with Gasteiger partial charge in [-0.05, 0) is 38.0 Å². The molecule has 0 bridgehead atoms. The minimum atomic E-state index is -0.0530. The van der Waals surface area contributed by atoms with Gasteiger partial charge >= 0.3 is 0 Å². The Morgan fingerprint density at radius 2 is 2.10 bits per heavy atom. The number of rotatable bonds is 4. The molecule has 4 nitrogen and oxygen atoms in total. The molecular formula is C16H21N3O. The zero-order chi connectivity index (χ0) is 14.7. The second-order valence-electron chi connectivity index (χ2n) is 5.12. The highest BCUT2D eigenvalue weighted by molar-refractivity contribution is 5.95. The lowest BCUT2D eigenvalue weighted by molar-refractivity contribution is 0.0934. The predicted octanol–water partition coefficient (Wildman–Crippen LogP) is 2.92. The Balaban J connectivity index is 2.16. The summed E-state index contributed by atoms with van der Waals surface area (Å²) in [6.07, 6.45) is 4.54. The molecule has 2 aromatic rings. The number of carbonyl (C=O) groups excluding carboxylic acids is 1.